The monoisotopic (exact) mass is 581 g/mol. The van der Waals surface area contributed by atoms with Gasteiger partial charge in [0, 0.05) is 32.1 Å². The van der Waals surface area contributed by atoms with Crippen LogP contribution in [-0.4, -0.2) is 101 Å². The Kier molecular flexibility index (Phi) is 9.45. The van der Waals surface area contributed by atoms with E-state index >= 15 is 0 Å². The quantitative estimate of drug-likeness (QED) is 0.403. The predicted octanol–water partition coefficient (Wildman–Crippen LogP) is 1.77. The second kappa shape index (κ2) is 13.2. The lowest BCUT2D eigenvalue weighted by atomic mass is 10.0. The van der Waals surface area contributed by atoms with Crippen LogP contribution in [0.1, 0.15) is 69.9 Å². The summed E-state index contributed by atoms with van der Waals surface area (Å²) in [6.45, 7) is 6.51. The van der Waals surface area contributed by atoms with E-state index in [1.807, 2.05) is 32.0 Å². The molecule has 1 aliphatic carbocycles. The average Bonchev–Trinajstić information content (AvgIpc) is 3.45. The highest BCUT2D eigenvalue weighted by Crippen LogP contribution is 2.27. The van der Waals surface area contributed by atoms with Crippen molar-refractivity contribution in [1.29, 1.82) is 0 Å². The highest BCUT2D eigenvalue weighted by molar-refractivity contribution is 6.38. The first kappa shape index (κ1) is 30.0. The fourth-order valence-electron chi connectivity index (χ4n) is 6.28. The Morgan fingerprint density at radius 1 is 0.976 bits per heavy atom. The van der Waals surface area contributed by atoms with Crippen LogP contribution >= 0.6 is 0 Å². The summed E-state index contributed by atoms with van der Waals surface area (Å²) in [6.07, 6.45) is 4.19. The van der Waals surface area contributed by atoms with E-state index < -0.39 is 47.9 Å². The molecule has 4 amide bonds. The van der Waals surface area contributed by atoms with Gasteiger partial charge in [-0.2, -0.15) is 0 Å². The number of carbonyl (C=O) groups excluding carboxylic acids is 5. The lowest BCUT2D eigenvalue weighted by Crippen LogP contribution is -2.58. The Hall–Kier alpha value is -3.47. The SMILES string of the molecule is CCCC(NC(=O)[C@@H]1[C@H](OC(=O)N2CCc3ccccc3C2)CCN1C(=O)C(C)N1CCCC1)C(=O)C(=O)NC1CC1. The van der Waals surface area contributed by atoms with Gasteiger partial charge in [-0.1, -0.05) is 37.6 Å². The van der Waals surface area contributed by atoms with Crippen LogP contribution in [0.4, 0.5) is 4.79 Å². The minimum absolute atomic E-state index is 0.0139. The lowest BCUT2D eigenvalue weighted by Gasteiger charge is -2.34. The molecule has 3 heterocycles. The number of likely N-dealkylation sites (tertiary alicyclic amines) is 2. The highest BCUT2D eigenvalue weighted by Gasteiger charge is 2.47. The number of hydrogen-bond donors (Lipinski definition) is 2. The van der Waals surface area contributed by atoms with Crippen molar-refractivity contribution < 1.29 is 28.7 Å². The molecule has 1 aromatic rings. The molecule has 11 nitrogen and oxygen atoms in total. The van der Waals surface area contributed by atoms with Gasteiger partial charge >= 0.3 is 6.09 Å². The van der Waals surface area contributed by atoms with Gasteiger partial charge in [0.05, 0.1) is 12.1 Å². The molecule has 228 valence electrons. The van der Waals surface area contributed by atoms with Gasteiger partial charge in [-0.3, -0.25) is 24.1 Å². The van der Waals surface area contributed by atoms with Crippen molar-refractivity contribution in [3.8, 4) is 0 Å². The molecule has 4 aliphatic rings. The van der Waals surface area contributed by atoms with E-state index in [-0.39, 0.29) is 24.9 Å². The largest absolute Gasteiger partial charge is 0.443 e. The number of carbonyl (C=O) groups is 5. The molecule has 0 spiro atoms. The average molecular weight is 582 g/mol. The standard InChI is InChI=1S/C31H43N5O6/c1-3-8-24(27(37)29(39)32-23-11-12-23)33-28(38)26-25(14-18-36(26)30(40)20(2)34-15-6-7-16-34)42-31(41)35-17-13-21-9-4-5-10-22(21)19-35/h4-5,9-10,20,23-26H,3,6-8,11-19H2,1-2H3,(H,32,39)(H,33,38)/t20?,24?,25-,26+/m1/s1. The summed E-state index contributed by atoms with van der Waals surface area (Å²) in [7, 11) is 0. The number of hydrogen-bond acceptors (Lipinski definition) is 7. The maximum absolute atomic E-state index is 13.9. The summed E-state index contributed by atoms with van der Waals surface area (Å²) in [5.41, 5.74) is 2.26. The van der Waals surface area contributed by atoms with Crippen LogP contribution in [0.15, 0.2) is 24.3 Å². The summed E-state index contributed by atoms with van der Waals surface area (Å²) >= 11 is 0. The van der Waals surface area contributed by atoms with E-state index in [4.69, 9.17) is 4.74 Å². The maximum Gasteiger partial charge on any atom is 0.410 e. The zero-order valence-corrected chi connectivity index (χ0v) is 24.7. The Bertz CT molecular complexity index is 1200. The second-order valence-corrected chi connectivity index (χ2v) is 12.0. The topological polar surface area (TPSA) is 128 Å². The van der Waals surface area contributed by atoms with Gasteiger partial charge in [0.15, 0.2) is 0 Å². The third-order valence-corrected chi connectivity index (χ3v) is 8.93. The minimum atomic E-state index is -1.10. The van der Waals surface area contributed by atoms with Gasteiger partial charge in [0.1, 0.15) is 12.1 Å². The molecule has 0 bridgehead atoms. The molecule has 0 aromatic heterocycles. The summed E-state index contributed by atoms with van der Waals surface area (Å²) in [6, 6.07) is 5.44. The van der Waals surface area contributed by atoms with E-state index in [1.165, 1.54) is 10.5 Å². The first-order valence-corrected chi connectivity index (χ1v) is 15.5. The number of rotatable bonds is 10. The van der Waals surface area contributed by atoms with E-state index in [2.05, 4.69) is 21.6 Å². The van der Waals surface area contributed by atoms with E-state index in [1.54, 1.807) is 4.90 Å². The van der Waals surface area contributed by atoms with Gasteiger partial charge in [0.2, 0.25) is 17.6 Å². The van der Waals surface area contributed by atoms with Crippen molar-refractivity contribution in [3.63, 3.8) is 0 Å². The molecule has 1 aromatic carbocycles. The highest BCUT2D eigenvalue weighted by atomic mass is 16.6. The molecule has 4 atom stereocenters. The van der Waals surface area contributed by atoms with E-state index in [0.717, 1.165) is 44.3 Å². The molecular formula is C31H43N5O6. The Balaban J connectivity index is 1.32. The molecule has 3 aliphatic heterocycles. The van der Waals surface area contributed by atoms with Gasteiger partial charge in [-0.05, 0) is 69.7 Å². The zero-order chi connectivity index (χ0) is 29.8. The summed E-state index contributed by atoms with van der Waals surface area (Å²) in [5, 5.41) is 5.46. The summed E-state index contributed by atoms with van der Waals surface area (Å²) in [5.74, 6) is -2.18. The molecular weight excluding hydrogens is 538 g/mol. The van der Waals surface area contributed by atoms with Gasteiger partial charge in [-0.25, -0.2) is 4.79 Å². The van der Waals surface area contributed by atoms with Gasteiger partial charge < -0.3 is 25.2 Å². The minimum Gasteiger partial charge on any atom is -0.443 e. The molecule has 1 saturated carbocycles. The first-order valence-electron chi connectivity index (χ1n) is 15.5. The second-order valence-electron chi connectivity index (χ2n) is 12.0. The number of fused-ring (bicyclic) bond motifs is 1. The van der Waals surface area contributed by atoms with Crippen LogP contribution in [0.2, 0.25) is 0 Å². The molecule has 2 unspecified atom stereocenters. The number of nitrogens with one attached hydrogen (secondary N) is 2. The van der Waals surface area contributed by atoms with Crippen molar-refractivity contribution in [2.75, 3.05) is 26.2 Å². The number of nitrogens with zero attached hydrogens (tertiary/aromatic N) is 3. The number of amides is 4. The number of benzene rings is 1. The number of ketones is 1. The van der Waals surface area contributed by atoms with Crippen LogP contribution in [0, 0.1) is 0 Å². The van der Waals surface area contributed by atoms with E-state index in [9.17, 15) is 24.0 Å². The molecule has 0 radical (unpaired) electrons. The van der Waals surface area contributed by atoms with Crippen molar-refractivity contribution >= 4 is 29.6 Å². The Morgan fingerprint density at radius 2 is 1.69 bits per heavy atom. The Labute approximate surface area is 247 Å². The van der Waals surface area contributed by atoms with Crippen LogP contribution in [0.25, 0.3) is 0 Å². The fourth-order valence-corrected chi connectivity index (χ4v) is 6.28. The van der Waals surface area contributed by atoms with Crippen molar-refractivity contribution in [1.82, 2.24) is 25.3 Å². The molecule has 42 heavy (non-hydrogen) atoms. The first-order chi connectivity index (χ1) is 20.3. The van der Waals surface area contributed by atoms with Crippen LogP contribution < -0.4 is 10.6 Å². The smallest absolute Gasteiger partial charge is 0.410 e. The van der Waals surface area contributed by atoms with Crippen LogP contribution in [-0.2, 0) is 36.9 Å². The zero-order valence-electron chi connectivity index (χ0n) is 24.7. The fraction of sp³-hybridized carbons (Fsp3) is 0.645. The molecule has 11 heteroatoms. The predicted molar refractivity (Wildman–Crippen MR) is 154 cm³/mol. The summed E-state index contributed by atoms with van der Waals surface area (Å²) < 4.78 is 5.95. The van der Waals surface area contributed by atoms with E-state index in [0.29, 0.717) is 32.4 Å². The van der Waals surface area contributed by atoms with Crippen LogP contribution in [0.5, 0.6) is 0 Å². The van der Waals surface area contributed by atoms with Gasteiger partial charge in [-0.15, -0.1) is 0 Å². The van der Waals surface area contributed by atoms with Gasteiger partial charge in [0.25, 0.3) is 5.91 Å². The number of Topliss-reactive ketones (excluding diaryl/α,β-unsaturated/α-hetero) is 1. The van der Waals surface area contributed by atoms with Crippen molar-refractivity contribution in [2.45, 2.75) is 102 Å². The van der Waals surface area contributed by atoms with Crippen molar-refractivity contribution in [3.05, 3.63) is 35.4 Å². The molecule has 2 N–H and O–H groups in total. The maximum atomic E-state index is 13.9. The third kappa shape index (κ3) is 6.77. The lowest BCUT2D eigenvalue weighted by molar-refractivity contribution is -0.145. The Morgan fingerprint density at radius 3 is 2.38 bits per heavy atom. The molecule has 2 saturated heterocycles. The third-order valence-electron chi connectivity index (χ3n) is 8.93. The molecule has 5 rings (SSSR count). The summed E-state index contributed by atoms with van der Waals surface area (Å²) in [4.78, 5) is 71.7. The molecule has 3 fully saturated rings. The number of ether oxygens (including phenoxy) is 1. The normalized spacial score (nSPS) is 23.6. The van der Waals surface area contributed by atoms with Crippen molar-refractivity contribution in [2.24, 2.45) is 0 Å². The van der Waals surface area contributed by atoms with Crippen LogP contribution in [0.3, 0.4) is 0 Å².